The summed E-state index contributed by atoms with van der Waals surface area (Å²) in [6.07, 6.45) is 6.05. The molecule has 0 radical (unpaired) electrons. The van der Waals surface area contributed by atoms with Crippen molar-refractivity contribution < 1.29 is 14.4 Å². The first-order valence-electron chi connectivity index (χ1n) is 11.6. The molecule has 0 aromatic heterocycles. The summed E-state index contributed by atoms with van der Waals surface area (Å²) in [5, 5.41) is 8.61. The Labute approximate surface area is 186 Å². The molecule has 0 spiro atoms. The Bertz CT molecular complexity index is 708. The average Bonchev–Trinajstić information content (AvgIpc) is 2.77. The van der Waals surface area contributed by atoms with Crippen molar-refractivity contribution in [1.29, 1.82) is 0 Å². The van der Waals surface area contributed by atoms with Gasteiger partial charge in [0, 0.05) is 25.3 Å². The Morgan fingerprint density at radius 3 is 2.52 bits per heavy atom. The number of urea groups is 1. The lowest BCUT2D eigenvalue weighted by Crippen LogP contribution is -2.55. The fourth-order valence-corrected chi connectivity index (χ4v) is 3.84. The van der Waals surface area contributed by atoms with Gasteiger partial charge in [0.05, 0.1) is 5.92 Å². The fourth-order valence-electron chi connectivity index (χ4n) is 3.84. The molecule has 1 aliphatic rings. The molecule has 2 atom stereocenters. The summed E-state index contributed by atoms with van der Waals surface area (Å²) in [4.78, 5) is 39.9. The third-order valence-corrected chi connectivity index (χ3v) is 5.68. The van der Waals surface area contributed by atoms with Crippen LogP contribution in [0.25, 0.3) is 0 Å². The van der Waals surface area contributed by atoms with Crippen LogP contribution < -0.4 is 16.0 Å². The van der Waals surface area contributed by atoms with Crippen LogP contribution in [-0.4, -0.2) is 48.4 Å². The minimum absolute atomic E-state index is 0.0323. The minimum atomic E-state index is -0.639. The number of hydrogen-bond donors (Lipinski definition) is 3. The first-order chi connectivity index (χ1) is 14.9. The van der Waals surface area contributed by atoms with Crippen LogP contribution in [0.5, 0.6) is 0 Å². The SMILES string of the molecule is CCCCCCNC(=O)C1CCCN(C(=O)C(NC(=O)Nc2ccccc2)C(C)C)C1. The summed E-state index contributed by atoms with van der Waals surface area (Å²) in [7, 11) is 0. The predicted molar refractivity (Wildman–Crippen MR) is 124 cm³/mol. The van der Waals surface area contributed by atoms with Crippen molar-refractivity contribution in [1.82, 2.24) is 15.5 Å². The van der Waals surface area contributed by atoms with Gasteiger partial charge < -0.3 is 20.9 Å². The van der Waals surface area contributed by atoms with E-state index in [4.69, 9.17) is 0 Å². The number of likely N-dealkylation sites (tertiary alicyclic amines) is 1. The smallest absolute Gasteiger partial charge is 0.319 e. The summed E-state index contributed by atoms with van der Waals surface area (Å²) < 4.78 is 0. The Hall–Kier alpha value is -2.57. The fraction of sp³-hybridized carbons (Fsp3) is 0.625. The van der Waals surface area contributed by atoms with Crippen LogP contribution in [0.1, 0.15) is 59.3 Å². The van der Waals surface area contributed by atoms with E-state index < -0.39 is 12.1 Å². The van der Waals surface area contributed by atoms with E-state index in [1.165, 1.54) is 12.8 Å². The Balaban J connectivity index is 1.89. The molecule has 1 heterocycles. The molecule has 0 bridgehead atoms. The lowest BCUT2D eigenvalue weighted by molar-refractivity contribution is -0.138. The van der Waals surface area contributed by atoms with Crippen LogP contribution in [0.15, 0.2) is 30.3 Å². The highest BCUT2D eigenvalue weighted by Crippen LogP contribution is 2.19. The summed E-state index contributed by atoms with van der Waals surface area (Å²) in [5.74, 6) is -0.347. The number of amides is 4. The molecule has 1 aromatic rings. The van der Waals surface area contributed by atoms with Gasteiger partial charge in [0.1, 0.15) is 6.04 Å². The zero-order valence-corrected chi connectivity index (χ0v) is 19.2. The van der Waals surface area contributed by atoms with E-state index in [1.54, 1.807) is 17.0 Å². The van der Waals surface area contributed by atoms with Crippen molar-refractivity contribution >= 4 is 23.5 Å². The molecule has 172 valence electrons. The van der Waals surface area contributed by atoms with Crippen molar-refractivity contribution in [3.8, 4) is 0 Å². The monoisotopic (exact) mass is 430 g/mol. The molecule has 2 rings (SSSR count). The highest BCUT2D eigenvalue weighted by molar-refractivity contribution is 5.94. The van der Waals surface area contributed by atoms with Crippen molar-refractivity contribution in [2.75, 3.05) is 25.0 Å². The Morgan fingerprint density at radius 2 is 1.84 bits per heavy atom. The van der Waals surface area contributed by atoms with Gasteiger partial charge in [-0.2, -0.15) is 0 Å². The number of piperidine rings is 1. The minimum Gasteiger partial charge on any atom is -0.356 e. The molecule has 7 nitrogen and oxygen atoms in total. The van der Waals surface area contributed by atoms with Crippen molar-refractivity contribution in [3.63, 3.8) is 0 Å². The van der Waals surface area contributed by atoms with Gasteiger partial charge in [-0.1, -0.05) is 58.2 Å². The van der Waals surface area contributed by atoms with Crippen molar-refractivity contribution in [2.45, 2.75) is 65.3 Å². The summed E-state index contributed by atoms with van der Waals surface area (Å²) in [6.45, 7) is 7.71. The van der Waals surface area contributed by atoms with Crippen LogP contribution in [0.2, 0.25) is 0 Å². The maximum absolute atomic E-state index is 13.2. The van der Waals surface area contributed by atoms with E-state index in [2.05, 4.69) is 22.9 Å². The number of carbonyl (C=O) groups is 3. The molecule has 1 fully saturated rings. The van der Waals surface area contributed by atoms with E-state index in [-0.39, 0.29) is 23.7 Å². The van der Waals surface area contributed by atoms with Gasteiger partial charge in [-0.25, -0.2) is 4.79 Å². The number of para-hydroxylation sites is 1. The maximum Gasteiger partial charge on any atom is 0.319 e. The van der Waals surface area contributed by atoms with Gasteiger partial charge in [0.25, 0.3) is 0 Å². The van der Waals surface area contributed by atoms with E-state index in [0.29, 0.717) is 25.3 Å². The molecule has 7 heteroatoms. The quantitative estimate of drug-likeness (QED) is 0.494. The molecular weight excluding hydrogens is 392 g/mol. The van der Waals surface area contributed by atoms with Crippen LogP contribution >= 0.6 is 0 Å². The molecule has 1 aromatic carbocycles. The van der Waals surface area contributed by atoms with Crippen LogP contribution in [0.3, 0.4) is 0 Å². The third-order valence-electron chi connectivity index (χ3n) is 5.68. The molecular formula is C24H38N4O3. The van der Waals surface area contributed by atoms with E-state index in [0.717, 1.165) is 25.7 Å². The van der Waals surface area contributed by atoms with Crippen molar-refractivity contribution in [2.24, 2.45) is 11.8 Å². The van der Waals surface area contributed by atoms with E-state index in [9.17, 15) is 14.4 Å². The van der Waals surface area contributed by atoms with Crippen LogP contribution in [0, 0.1) is 11.8 Å². The number of benzene rings is 1. The zero-order chi connectivity index (χ0) is 22.6. The molecule has 2 unspecified atom stereocenters. The number of hydrogen-bond acceptors (Lipinski definition) is 3. The second-order valence-corrected chi connectivity index (χ2v) is 8.66. The van der Waals surface area contributed by atoms with Gasteiger partial charge in [0.15, 0.2) is 0 Å². The summed E-state index contributed by atoms with van der Waals surface area (Å²) >= 11 is 0. The number of rotatable bonds is 10. The lowest BCUT2D eigenvalue weighted by atomic mass is 9.95. The van der Waals surface area contributed by atoms with E-state index >= 15 is 0 Å². The highest BCUT2D eigenvalue weighted by Gasteiger charge is 2.33. The zero-order valence-electron chi connectivity index (χ0n) is 19.2. The number of anilines is 1. The number of nitrogens with one attached hydrogen (secondary N) is 3. The second-order valence-electron chi connectivity index (χ2n) is 8.66. The molecule has 31 heavy (non-hydrogen) atoms. The molecule has 1 aliphatic heterocycles. The second kappa shape index (κ2) is 13.0. The number of unbranched alkanes of at least 4 members (excludes halogenated alkanes) is 3. The first kappa shape index (κ1) is 24.7. The Kier molecular flexibility index (Phi) is 10.3. The molecule has 3 N–H and O–H groups in total. The summed E-state index contributed by atoms with van der Waals surface area (Å²) in [5.41, 5.74) is 0.670. The van der Waals surface area contributed by atoms with Gasteiger partial charge in [-0.3, -0.25) is 9.59 Å². The average molecular weight is 431 g/mol. The maximum atomic E-state index is 13.2. The first-order valence-corrected chi connectivity index (χ1v) is 11.6. The van der Waals surface area contributed by atoms with Gasteiger partial charge in [-0.05, 0) is 37.3 Å². The molecule has 1 saturated heterocycles. The lowest BCUT2D eigenvalue weighted by Gasteiger charge is -2.35. The van der Waals surface area contributed by atoms with Crippen LogP contribution in [0.4, 0.5) is 10.5 Å². The van der Waals surface area contributed by atoms with Crippen LogP contribution in [-0.2, 0) is 9.59 Å². The highest BCUT2D eigenvalue weighted by atomic mass is 16.2. The predicted octanol–water partition coefficient (Wildman–Crippen LogP) is 3.77. The van der Waals surface area contributed by atoms with Gasteiger partial charge >= 0.3 is 6.03 Å². The molecule has 0 aliphatic carbocycles. The number of nitrogens with zero attached hydrogens (tertiary/aromatic N) is 1. The van der Waals surface area contributed by atoms with Crippen molar-refractivity contribution in [3.05, 3.63) is 30.3 Å². The standard InChI is InChI=1S/C24H38N4O3/c1-4-5-6-10-15-25-22(29)19-12-11-16-28(17-19)23(30)21(18(2)3)27-24(31)26-20-13-8-7-9-14-20/h7-9,13-14,18-19,21H,4-6,10-12,15-17H2,1-3H3,(H,25,29)(H2,26,27,31). The molecule has 4 amide bonds. The summed E-state index contributed by atoms with van der Waals surface area (Å²) in [6, 6.07) is 8.09. The third kappa shape index (κ3) is 8.23. The Morgan fingerprint density at radius 1 is 1.10 bits per heavy atom. The topological polar surface area (TPSA) is 90.5 Å². The van der Waals surface area contributed by atoms with E-state index in [1.807, 2.05) is 32.0 Å². The largest absolute Gasteiger partial charge is 0.356 e. The van der Waals surface area contributed by atoms with Gasteiger partial charge in [0.2, 0.25) is 11.8 Å². The normalized spacial score (nSPS) is 17.2. The molecule has 0 saturated carbocycles. The van der Waals surface area contributed by atoms with Gasteiger partial charge in [-0.15, -0.1) is 0 Å². The number of carbonyl (C=O) groups excluding carboxylic acids is 3.